The maximum Gasteiger partial charge on any atom is 0.317 e. The van der Waals surface area contributed by atoms with Gasteiger partial charge in [0.25, 0.3) is 0 Å². The molecule has 0 radical (unpaired) electrons. The van der Waals surface area contributed by atoms with Crippen molar-refractivity contribution >= 4 is 12.0 Å². The predicted molar refractivity (Wildman–Crippen MR) is 77.2 cm³/mol. The first-order chi connectivity index (χ1) is 10.6. The molecule has 6 nitrogen and oxygen atoms in total. The lowest BCUT2D eigenvalue weighted by Crippen LogP contribution is -2.47. The quantitative estimate of drug-likeness (QED) is 0.812. The average Bonchev–Trinajstić information content (AvgIpc) is 2.53. The molecule has 1 aliphatic rings. The van der Waals surface area contributed by atoms with Gasteiger partial charge >= 0.3 is 12.0 Å². The van der Waals surface area contributed by atoms with Gasteiger partial charge in [-0.2, -0.15) is 0 Å². The normalized spacial score (nSPS) is 17.9. The Morgan fingerprint density at radius 3 is 2.77 bits per heavy atom. The highest BCUT2D eigenvalue weighted by atomic mass is 19.1. The van der Waals surface area contributed by atoms with Crippen molar-refractivity contribution in [3.8, 4) is 5.75 Å². The van der Waals surface area contributed by atoms with Crippen molar-refractivity contribution in [2.45, 2.75) is 12.8 Å². The largest absolute Gasteiger partial charge is 0.492 e. The van der Waals surface area contributed by atoms with Crippen LogP contribution in [-0.4, -0.2) is 48.2 Å². The van der Waals surface area contributed by atoms with Crippen LogP contribution in [0.2, 0.25) is 0 Å². The predicted octanol–water partition coefficient (Wildman–Crippen LogP) is 1.71. The van der Waals surface area contributed by atoms with E-state index in [0.717, 1.165) is 0 Å². The van der Waals surface area contributed by atoms with Gasteiger partial charge in [-0.25, -0.2) is 9.18 Å². The molecule has 0 bridgehead atoms. The van der Waals surface area contributed by atoms with Gasteiger partial charge < -0.3 is 20.1 Å². The molecule has 2 rings (SSSR count). The Hall–Kier alpha value is -2.31. The van der Waals surface area contributed by atoms with Crippen LogP contribution in [-0.2, 0) is 4.79 Å². The maximum absolute atomic E-state index is 12.7. The summed E-state index contributed by atoms with van der Waals surface area (Å²) >= 11 is 0. The number of ether oxygens (including phenoxy) is 1. The van der Waals surface area contributed by atoms with Gasteiger partial charge in [0.1, 0.15) is 18.2 Å². The Kier molecular flexibility index (Phi) is 5.57. The molecule has 0 aliphatic carbocycles. The number of carbonyl (C=O) groups is 2. The number of hydrogen-bond donors (Lipinski definition) is 2. The van der Waals surface area contributed by atoms with Crippen LogP contribution in [0.4, 0.5) is 9.18 Å². The number of nitrogens with one attached hydrogen (secondary N) is 1. The van der Waals surface area contributed by atoms with Crippen LogP contribution in [0.3, 0.4) is 0 Å². The number of benzene rings is 1. The number of piperidine rings is 1. The SMILES string of the molecule is O=C(O)C1CCCN(C(=O)NCCOc2ccc(F)cc2)C1. The molecular weight excluding hydrogens is 291 g/mol. The zero-order valence-electron chi connectivity index (χ0n) is 12.1. The topological polar surface area (TPSA) is 78.9 Å². The molecule has 120 valence electrons. The first kappa shape index (κ1) is 16.1. The number of halogens is 1. The van der Waals surface area contributed by atoms with Gasteiger partial charge in [0.05, 0.1) is 12.5 Å². The summed E-state index contributed by atoms with van der Waals surface area (Å²) in [5, 5.41) is 11.7. The molecule has 0 spiro atoms. The van der Waals surface area contributed by atoms with Crippen LogP contribution in [0, 0.1) is 11.7 Å². The van der Waals surface area contributed by atoms with Crippen molar-refractivity contribution in [3.63, 3.8) is 0 Å². The highest BCUT2D eigenvalue weighted by Crippen LogP contribution is 2.16. The van der Waals surface area contributed by atoms with Gasteiger partial charge in [0, 0.05) is 13.1 Å². The van der Waals surface area contributed by atoms with Gasteiger partial charge in [-0.15, -0.1) is 0 Å². The van der Waals surface area contributed by atoms with Crippen LogP contribution in [0.15, 0.2) is 24.3 Å². The number of likely N-dealkylation sites (tertiary alicyclic amines) is 1. The second-order valence-corrected chi connectivity index (χ2v) is 5.16. The van der Waals surface area contributed by atoms with Crippen molar-refractivity contribution in [1.82, 2.24) is 10.2 Å². The monoisotopic (exact) mass is 310 g/mol. The van der Waals surface area contributed by atoms with Crippen molar-refractivity contribution in [2.75, 3.05) is 26.2 Å². The van der Waals surface area contributed by atoms with E-state index in [0.29, 0.717) is 31.7 Å². The Morgan fingerprint density at radius 2 is 2.09 bits per heavy atom. The van der Waals surface area contributed by atoms with Crippen molar-refractivity contribution in [1.29, 1.82) is 0 Å². The summed E-state index contributed by atoms with van der Waals surface area (Å²) in [7, 11) is 0. The molecule has 1 aromatic carbocycles. The van der Waals surface area contributed by atoms with E-state index in [1.54, 1.807) is 0 Å². The highest BCUT2D eigenvalue weighted by molar-refractivity contribution is 5.76. The molecule has 0 aromatic heterocycles. The fourth-order valence-electron chi connectivity index (χ4n) is 2.33. The number of carboxylic acid groups (broad SMARTS) is 1. The van der Waals surface area contributed by atoms with E-state index in [1.807, 2.05) is 0 Å². The van der Waals surface area contributed by atoms with Gasteiger partial charge in [0.15, 0.2) is 0 Å². The van der Waals surface area contributed by atoms with Gasteiger partial charge in [-0.1, -0.05) is 0 Å². The molecule has 22 heavy (non-hydrogen) atoms. The van der Waals surface area contributed by atoms with Crippen molar-refractivity contribution < 1.29 is 23.8 Å². The fraction of sp³-hybridized carbons (Fsp3) is 0.467. The Bertz CT molecular complexity index is 521. The average molecular weight is 310 g/mol. The molecule has 1 saturated heterocycles. The minimum atomic E-state index is -0.864. The number of aliphatic carboxylic acids is 1. The molecule has 1 aliphatic heterocycles. The second-order valence-electron chi connectivity index (χ2n) is 5.16. The third kappa shape index (κ3) is 4.61. The molecule has 0 saturated carbocycles. The minimum absolute atomic E-state index is 0.236. The van der Waals surface area contributed by atoms with E-state index >= 15 is 0 Å². The number of amides is 2. The molecule has 2 amide bonds. The standard InChI is InChI=1S/C15H19FN2O4/c16-12-3-5-13(6-4-12)22-9-7-17-15(21)18-8-1-2-11(10-18)14(19)20/h3-6,11H,1-2,7-10H2,(H,17,21)(H,19,20). The molecule has 2 N–H and O–H groups in total. The van der Waals surface area contributed by atoms with Gasteiger partial charge in [-0.05, 0) is 37.1 Å². The second kappa shape index (κ2) is 7.63. The van der Waals surface area contributed by atoms with E-state index in [1.165, 1.54) is 29.2 Å². The molecule has 1 heterocycles. The van der Waals surface area contributed by atoms with E-state index in [-0.39, 0.29) is 25.0 Å². The van der Waals surface area contributed by atoms with Crippen molar-refractivity contribution in [3.05, 3.63) is 30.1 Å². The third-order valence-electron chi connectivity index (χ3n) is 3.52. The summed E-state index contributed by atoms with van der Waals surface area (Å²) in [6.45, 7) is 1.35. The fourth-order valence-corrected chi connectivity index (χ4v) is 2.33. The summed E-state index contributed by atoms with van der Waals surface area (Å²) in [4.78, 5) is 24.4. The number of hydrogen-bond acceptors (Lipinski definition) is 3. The maximum atomic E-state index is 12.7. The van der Waals surface area contributed by atoms with Crippen LogP contribution in [0.1, 0.15) is 12.8 Å². The summed E-state index contributed by atoms with van der Waals surface area (Å²) in [5.74, 6) is -1.16. The van der Waals surface area contributed by atoms with E-state index in [4.69, 9.17) is 9.84 Å². The first-order valence-corrected chi connectivity index (χ1v) is 7.20. The number of carbonyl (C=O) groups excluding carboxylic acids is 1. The lowest BCUT2D eigenvalue weighted by atomic mass is 9.99. The number of urea groups is 1. The Labute approximate surface area is 127 Å². The molecule has 1 atom stereocenters. The van der Waals surface area contributed by atoms with E-state index in [2.05, 4.69) is 5.32 Å². The molecule has 1 unspecified atom stereocenters. The first-order valence-electron chi connectivity index (χ1n) is 7.20. The summed E-state index contributed by atoms with van der Waals surface area (Å²) in [6.07, 6.45) is 1.29. The van der Waals surface area contributed by atoms with Crippen LogP contribution >= 0.6 is 0 Å². The lowest BCUT2D eigenvalue weighted by Gasteiger charge is -2.30. The number of rotatable bonds is 5. The smallest absolute Gasteiger partial charge is 0.317 e. The summed E-state index contributed by atoms with van der Waals surface area (Å²) in [5.41, 5.74) is 0. The van der Waals surface area contributed by atoms with Crippen LogP contribution < -0.4 is 10.1 Å². The molecule has 7 heteroatoms. The Balaban J connectivity index is 1.69. The van der Waals surface area contributed by atoms with Crippen molar-refractivity contribution in [2.24, 2.45) is 5.92 Å². The number of carboxylic acids is 1. The van der Waals surface area contributed by atoms with E-state index in [9.17, 15) is 14.0 Å². The molecule has 1 fully saturated rings. The van der Waals surface area contributed by atoms with Gasteiger partial charge in [-0.3, -0.25) is 4.79 Å². The van der Waals surface area contributed by atoms with E-state index < -0.39 is 11.9 Å². The number of nitrogens with zero attached hydrogens (tertiary/aromatic N) is 1. The molecular formula is C15H19FN2O4. The lowest BCUT2D eigenvalue weighted by molar-refractivity contribution is -0.143. The zero-order valence-corrected chi connectivity index (χ0v) is 12.1. The minimum Gasteiger partial charge on any atom is -0.492 e. The Morgan fingerprint density at radius 1 is 1.36 bits per heavy atom. The highest BCUT2D eigenvalue weighted by Gasteiger charge is 2.27. The molecule has 1 aromatic rings. The van der Waals surface area contributed by atoms with Crippen LogP contribution in [0.5, 0.6) is 5.75 Å². The summed E-state index contributed by atoms with van der Waals surface area (Å²) in [6, 6.07) is 5.34. The van der Waals surface area contributed by atoms with Gasteiger partial charge in [0.2, 0.25) is 0 Å². The summed E-state index contributed by atoms with van der Waals surface area (Å²) < 4.78 is 18.1. The van der Waals surface area contributed by atoms with Crippen LogP contribution in [0.25, 0.3) is 0 Å². The zero-order chi connectivity index (χ0) is 15.9. The third-order valence-corrected chi connectivity index (χ3v) is 3.52.